The number of esters is 2. The number of rotatable bonds is 5. The summed E-state index contributed by atoms with van der Waals surface area (Å²) in [5, 5.41) is 34.6. The molecule has 0 amide bonds. The Balaban J connectivity index is 1.90. The Morgan fingerprint density at radius 2 is 1.85 bits per heavy atom. The lowest BCUT2D eigenvalue weighted by atomic mass is 9.59. The van der Waals surface area contributed by atoms with E-state index in [4.69, 9.17) is 9.47 Å². The molecule has 0 radical (unpaired) electrons. The molecule has 34 heavy (non-hydrogen) atoms. The van der Waals surface area contributed by atoms with Gasteiger partial charge in [-0.1, -0.05) is 39.8 Å². The molecule has 2 saturated carbocycles. The van der Waals surface area contributed by atoms with E-state index >= 15 is 0 Å². The smallest absolute Gasteiger partial charge is 0.306 e. The van der Waals surface area contributed by atoms with Crippen LogP contribution in [-0.2, 0) is 23.9 Å². The zero-order valence-electron chi connectivity index (χ0n) is 20.8. The Labute approximate surface area is 200 Å². The largest absolute Gasteiger partial charge is 0.461 e. The number of Topliss-reactive ketones (excluding diaryl/α,β-unsaturated/α-hetero) is 1. The highest BCUT2D eigenvalue weighted by Gasteiger charge is 2.83. The van der Waals surface area contributed by atoms with Crippen LogP contribution in [0.4, 0.5) is 0 Å². The number of allylic oxidation sites excluding steroid dienone is 1. The molecule has 0 heterocycles. The van der Waals surface area contributed by atoms with E-state index in [1.54, 1.807) is 26.0 Å². The first kappa shape index (κ1) is 25.1. The highest BCUT2D eigenvalue weighted by Crippen LogP contribution is 2.75. The van der Waals surface area contributed by atoms with E-state index in [2.05, 4.69) is 0 Å². The van der Waals surface area contributed by atoms with Crippen LogP contribution in [0.3, 0.4) is 0 Å². The Kier molecular flexibility index (Phi) is 5.70. The van der Waals surface area contributed by atoms with E-state index < -0.39 is 58.0 Å². The van der Waals surface area contributed by atoms with Gasteiger partial charge in [0.1, 0.15) is 30.0 Å². The van der Waals surface area contributed by atoms with Gasteiger partial charge in [-0.3, -0.25) is 14.4 Å². The second-order valence-corrected chi connectivity index (χ2v) is 11.2. The minimum Gasteiger partial charge on any atom is -0.461 e. The van der Waals surface area contributed by atoms with Gasteiger partial charge in [0.05, 0.1) is 5.41 Å². The normalized spacial score (nSPS) is 44.0. The van der Waals surface area contributed by atoms with E-state index in [0.29, 0.717) is 18.4 Å². The van der Waals surface area contributed by atoms with Crippen LogP contribution in [-0.4, -0.2) is 63.1 Å². The molecule has 8 atom stereocenters. The van der Waals surface area contributed by atoms with E-state index in [0.717, 1.165) is 0 Å². The van der Waals surface area contributed by atoms with E-state index in [1.807, 2.05) is 20.8 Å². The van der Waals surface area contributed by atoms with Crippen molar-refractivity contribution in [3.05, 3.63) is 23.3 Å². The van der Waals surface area contributed by atoms with Gasteiger partial charge in [-0.05, 0) is 36.8 Å². The Morgan fingerprint density at radius 1 is 1.21 bits per heavy atom. The molecule has 8 nitrogen and oxygen atoms in total. The summed E-state index contributed by atoms with van der Waals surface area (Å²) >= 11 is 0. The summed E-state index contributed by atoms with van der Waals surface area (Å²) in [4.78, 5) is 38.5. The number of aliphatic hydroxyl groups is 3. The van der Waals surface area contributed by atoms with Crippen molar-refractivity contribution in [1.29, 1.82) is 0 Å². The fraction of sp³-hybridized carbons (Fsp3) is 0.731. The molecular formula is C26H36O8. The van der Waals surface area contributed by atoms with Crippen LogP contribution in [0.15, 0.2) is 23.3 Å². The maximum Gasteiger partial charge on any atom is 0.306 e. The van der Waals surface area contributed by atoms with Gasteiger partial charge in [0.15, 0.2) is 5.78 Å². The maximum absolute atomic E-state index is 14.3. The van der Waals surface area contributed by atoms with Crippen LogP contribution in [0.25, 0.3) is 0 Å². The molecule has 4 aliphatic rings. The van der Waals surface area contributed by atoms with E-state index in [-0.39, 0.29) is 30.3 Å². The molecule has 2 fully saturated rings. The molecule has 4 aliphatic carbocycles. The van der Waals surface area contributed by atoms with Crippen LogP contribution in [0, 0.1) is 28.6 Å². The molecule has 8 heteroatoms. The van der Waals surface area contributed by atoms with Crippen molar-refractivity contribution in [3.8, 4) is 0 Å². The Morgan fingerprint density at radius 3 is 2.44 bits per heavy atom. The quantitative estimate of drug-likeness (QED) is 0.405. The van der Waals surface area contributed by atoms with Crippen molar-refractivity contribution >= 4 is 17.7 Å². The number of carbonyl (C=O) groups is 3. The number of fused-ring (bicyclic) bond motifs is 3. The van der Waals surface area contributed by atoms with Crippen molar-refractivity contribution in [2.24, 2.45) is 28.6 Å². The SMILES string of the molecule is CCCC(=O)OCC1=C[C@@H]2C(=O)[C@]3(C=C(C)[C@H](O)[C@@]3(O)[C@@H]1O)[C@H](C)C[C@]1(OC(C)=O)[C@H]2C1(C)C. The maximum atomic E-state index is 14.3. The van der Waals surface area contributed by atoms with Crippen molar-refractivity contribution in [2.45, 2.75) is 84.2 Å². The highest BCUT2D eigenvalue weighted by molar-refractivity contribution is 5.95. The minimum absolute atomic E-state index is 0.169. The first-order valence-corrected chi connectivity index (χ1v) is 12.1. The Bertz CT molecular complexity index is 995. The fourth-order valence-electron chi connectivity index (χ4n) is 7.41. The standard InChI is InChI=1S/C26H36O8/c1-7-8-18(28)33-12-16-9-17-19-23(5,6)25(19,34-15(4)27)11-14(3)24(22(17)31)10-13(2)20(29)26(24,32)21(16)30/h9-10,14,17,19-21,29-30,32H,7-8,11-12H2,1-6H3/t14-,17+,19-,20+,21-,24+,25+,26-/m1/s1. The zero-order valence-corrected chi connectivity index (χ0v) is 20.8. The average molecular weight is 477 g/mol. The molecule has 0 aliphatic heterocycles. The van der Waals surface area contributed by atoms with Crippen molar-refractivity contribution in [2.75, 3.05) is 6.61 Å². The molecule has 0 unspecified atom stereocenters. The van der Waals surface area contributed by atoms with Crippen LogP contribution in [0.2, 0.25) is 0 Å². The van der Waals surface area contributed by atoms with Crippen molar-refractivity contribution in [1.82, 2.24) is 0 Å². The summed E-state index contributed by atoms with van der Waals surface area (Å²) in [6.45, 7) is 10.2. The summed E-state index contributed by atoms with van der Waals surface area (Å²) in [7, 11) is 0. The third-order valence-corrected chi connectivity index (χ3v) is 9.05. The lowest BCUT2D eigenvalue weighted by Crippen LogP contribution is -2.65. The van der Waals surface area contributed by atoms with Gasteiger partial charge in [0.25, 0.3) is 0 Å². The number of ether oxygens (including phenoxy) is 2. The number of aliphatic hydroxyl groups excluding tert-OH is 2. The predicted octanol–water partition coefficient (Wildman–Crippen LogP) is 1.85. The highest BCUT2D eigenvalue weighted by atomic mass is 16.6. The van der Waals surface area contributed by atoms with Crippen LogP contribution in [0.5, 0.6) is 0 Å². The molecule has 3 N–H and O–H groups in total. The molecule has 0 aromatic rings. The average Bonchev–Trinajstić information content (AvgIpc) is 3.15. The second kappa shape index (κ2) is 7.73. The molecule has 0 saturated heterocycles. The summed E-state index contributed by atoms with van der Waals surface area (Å²) in [6.07, 6.45) is 1.14. The second-order valence-electron chi connectivity index (χ2n) is 11.2. The third kappa shape index (κ3) is 2.91. The number of hydrogen-bond acceptors (Lipinski definition) is 8. The summed E-state index contributed by atoms with van der Waals surface area (Å²) in [5.74, 6) is -2.98. The number of hydrogen-bond donors (Lipinski definition) is 3. The third-order valence-electron chi connectivity index (χ3n) is 9.05. The molecular weight excluding hydrogens is 440 g/mol. The summed E-state index contributed by atoms with van der Waals surface area (Å²) in [6, 6.07) is 0. The monoisotopic (exact) mass is 476 g/mol. The summed E-state index contributed by atoms with van der Waals surface area (Å²) < 4.78 is 11.3. The lowest BCUT2D eigenvalue weighted by Gasteiger charge is -2.48. The summed E-state index contributed by atoms with van der Waals surface area (Å²) in [5.41, 5.74) is -4.74. The van der Waals surface area contributed by atoms with E-state index in [1.165, 1.54) is 6.92 Å². The van der Waals surface area contributed by atoms with Crippen LogP contribution in [0.1, 0.15) is 60.8 Å². The number of ketones is 1. The van der Waals surface area contributed by atoms with Crippen molar-refractivity contribution in [3.63, 3.8) is 0 Å². The van der Waals surface area contributed by atoms with Gasteiger partial charge < -0.3 is 24.8 Å². The Hall–Kier alpha value is -2.03. The molecule has 0 aromatic heterocycles. The lowest BCUT2D eigenvalue weighted by molar-refractivity contribution is -0.192. The zero-order chi connectivity index (χ0) is 25.4. The van der Waals surface area contributed by atoms with Gasteiger partial charge in [-0.15, -0.1) is 0 Å². The van der Waals surface area contributed by atoms with Gasteiger partial charge in [-0.25, -0.2) is 0 Å². The number of carbonyl (C=O) groups excluding carboxylic acids is 3. The minimum atomic E-state index is -2.25. The van der Waals surface area contributed by atoms with Gasteiger partial charge >= 0.3 is 11.9 Å². The van der Waals surface area contributed by atoms with Gasteiger partial charge in [-0.2, -0.15) is 0 Å². The topological polar surface area (TPSA) is 130 Å². The van der Waals surface area contributed by atoms with Crippen LogP contribution >= 0.6 is 0 Å². The van der Waals surface area contributed by atoms with Gasteiger partial charge in [0.2, 0.25) is 0 Å². The molecule has 0 aromatic carbocycles. The first-order chi connectivity index (χ1) is 15.7. The van der Waals surface area contributed by atoms with Crippen LogP contribution < -0.4 is 0 Å². The first-order valence-electron chi connectivity index (χ1n) is 12.1. The molecule has 188 valence electrons. The fourth-order valence-corrected chi connectivity index (χ4v) is 7.41. The van der Waals surface area contributed by atoms with Crippen molar-refractivity contribution < 1.29 is 39.2 Å². The predicted molar refractivity (Wildman–Crippen MR) is 121 cm³/mol. The molecule has 2 bridgehead atoms. The molecule has 1 spiro atoms. The van der Waals surface area contributed by atoms with E-state index in [9.17, 15) is 29.7 Å². The molecule has 4 rings (SSSR count). The van der Waals surface area contributed by atoms with Gasteiger partial charge in [0, 0.05) is 30.6 Å².